The Balaban J connectivity index is 2.83. The first-order chi connectivity index (χ1) is 7.00. The van der Waals surface area contributed by atoms with Crippen LogP contribution in [0.4, 0.5) is 5.69 Å². The lowest BCUT2D eigenvalue weighted by Gasteiger charge is -2.07. The summed E-state index contributed by atoms with van der Waals surface area (Å²) < 4.78 is 0. The summed E-state index contributed by atoms with van der Waals surface area (Å²) >= 11 is 3.99. The lowest BCUT2D eigenvalue weighted by atomic mass is 10.2. The summed E-state index contributed by atoms with van der Waals surface area (Å²) in [6.07, 6.45) is 0. The molecule has 0 bridgehead atoms. The van der Waals surface area contributed by atoms with Crippen molar-refractivity contribution in [2.24, 2.45) is 5.73 Å². The van der Waals surface area contributed by atoms with E-state index in [9.17, 15) is 9.59 Å². The number of thiol groups is 1. The molecule has 0 saturated heterocycles. The van der Waals surface area contributed by atoms with Crippen molar-refractivity contribution in [3.63, 3.8) is 0 Å². The van der Waals surface area contributed by atoms with E-state index in [0.717, 1.165) is 0 Å². The Hall–Kier alpha value is -1.49. The van der Waals surface area contributed by atoms with Crippen molar-refractivity contribution >= 4 is 30.1 Å². The van der Waals surface area contributed by atoms with Gasteiger partial charge in [-0.3, -0.25) is 9.59 Å². The third kappa shape index (κ3) is 3.28. The molecule has 80 valence electrons. The number of nitrogens with one attached hydrogen (secondary N) is 1. The van der Waals surface area contributed by atoms with Crippen molar-refractivity contribution in [3.05, 3.63) is 29.8 Å². The predicted octanol–water partition coefficient (Wildman–Crippen LogP) is 1.04. The summed E-state index contributed by atoms with van der Waals surface area (Å²) in [6.45, 7) is 1.66. The fraction of sp³-hybridized carbons (Fsp3) is 0.200. The zero-order valence-corrected chi connectivity index (χ0v) is 9.12. The first kappa shape index (κ1) is 11.6. The summed E-state index contributed by atoms with van der Waals surface area (Å²) in [5.74, 6) is -0.745. The molecule has 0 fully saturated rings. The molecule has 4 nitrogen and oxygen atoms in total. The summed E-state index contributed by atoms with van der Waals surface area (Å²) in [4.78, 5) is 22.2. The number of benzene rings is 1. The molecule has 1 aromatic rings. The number of hydrogen-bond acceptors (Lipinski definition) is 3. The van der Waals surface area contributed by atoms with E-state index in [1.54, 1.807) is 25.1 Å². The molecule has 0 heterocycles. The van der Waals surface area contributed by atoms with E-state index in [1.165, 1.54) is 6.07 Å². The Morgan fingerprint density at radius 2 is 2.13 bits per heavy atom. The van der Waals surface area contributed by atoms with E-state index in [-0.39, 0.29) is 5.91 Å². The minimum absolute atomic E-state index is 0.222. The van der Waals surface area contributed by atoms with Crippen LogP contribution in [0.25, 0.3) is 0 Å². The fourth-order valence-corrected chi connectivity index (χ4v) is 1.06. The first-order valence-corrected chi connectivity index (χ1v) is 4.91. The van der Waals surface area contributed by atoms with Crippen LogP contribution in [-0.4, -0.2) is 17.1 Å². The Labute approximate surface area is 93.3 Å². The molecule has 0 saturated carbocycles. The summed E-state index contributed by atoms with van der Waals surface area (Å²) in [7, 11) is 0. The standard InChI is InChI=1S/C10H12N2O2S/c1-6(15)10(14)12-8-4-2-3-7(5-8)9(11)13/h2-6,15H,1H3,(H2,11,13)(H,12,14). The third-order valence-corrected chi connectivity index (χ3v) is 2.03. The molecular formula is C10H12N2O2S. The van der Waals surface area contributed by atoms with Gasteiger partial charge >= 0.3 is 0 Å². The van der Waals surface area contributed by atoms with Crippen LogP contribution in [0.1, 0.15) is 17.3 Å². The highest BCUT2D eigenvalue weighted by Crippen LogP contribution is 2.11. The molecule has 5 heteroatoms. The minimum atomic E-state index is -0.523. The van der Waals surface area contributed by atoms with Crippen molar-refractivity contribution in [2.75, 3.05) is 5.32 Å². The van der Waals surface area contributed by atoms with Crippen molar-refractivity contribution in [3.8, 4) is 0 Å². The zero-order chi connectivity index (χ0) is 11.4. The minimum Gasteiger partial charge on any atom is -0.366 e. The number of nitrogens with two attached hydrogens (primary N) is 1. The second-order valence-corrected chi connectivity index (χ2v) is 3.88. The highest BCUT2D eigenvalue weighted by Gasteiger charge is 2.08. The molecular weight excluding hydrogens is 212 g/mol. The largest absolute Gasteiger partial charge is 0.366 e. The molecule has 1 unspecified atom stereocenters. The molecule has 2 amide bonds. The van der Waals surface area contributed by atoms with Crippen molar-refractivity contribution in [1.29, 1.82) is 0 Å². The van der Waals surface area contributed by atoms with Gasteiger partial charge in [0.25, 0.3) is 0 Å². The number of carbonyl (C=O) groups excluding carboxylic acids is 2. The number of amides is 2. The number of primary amides is 1. The van der Waals surface area contributed by atoms with Crippen molar-refractivity contribution in [2.45, 2.75) is 12.2 Å². The Morgan fingerprint density at radius 1 is 1.47 bits per heavy atom. The molecule has 0 aliphatic rings. The molecule has 1 rings (SSSR count). The van der Waals surface area contributed by atoms with Crippen LogP contribution >= 0.6 is 12.6 Å². The number of carbonyl (C=O) groups is 2. The topological polar surface area (TPSA) is 72.2 Å². The molecule has 0 aromatic heterocycles. The maximum Gasteiger partial charge on any atom is 0.248 e. The van der Waals surface area contributed by atoms with Gasteiger partial charge in [0.15, 0.2) is 0 Å². The van der Waals surface area contributed by atoms with Crippen LogP contribution in [0.2, 0.25) is 0 Å². The average Bonchev–Trinajstić information content (AvgIpc) is 2.18. The number of hydrogen-bond donors (Lipinski definition) is 3. The highest BCUT2D eigenvalue weighted by atomic mass is 32.1. The van der Waals surface area contributed by atoms with E-state index in [0.29, 0.717) is 11.3 Å². The van der Waals surface area contributed by atoms with Gasteiger partial charge in [0.1, 0.15) is 0 Å². The molecule has 0 radical (unpaired) electrons. The van der Waals surface area contributed by atoms with Gasteiger partial charge in [-0.15, -0.1) is 0 Å². The fourth-order valence-electron chi connectivity index (χ4n) is 0.997. The van der Waals surface area contributed by atoms with E-state index in [1.807, 2.05) is 0 Å². The molecule has 1 aromatic carbocycles. The van der Waals surface area contributed by atoms with Crippen LogP contribution in [0.15, 0.2) is 24.3 Å². The van der Waals surface area contributed by atoms with Crippen LogP contribution < -0.4 is 11.1 Å². The number of anilines is 1. The van der Waals surface area contributed by atoms with Crippen molar-refractivity contribution in [1.82, 2.24) is 0 Å². The van der Waals surface area contributed by atoms with Gasteiger partial charge < -0.3 is 11.1 Å². The molecule has 0 spiro atoms. The van der Waals surface area contributed by atoms with Gasteiger partial charge in [-0.1, -0.05) is 6.07 Å². The van der Waals surface area contributed by atoms with E-state index < -0.39 is 11.2 Å². The SMILES string of the molecule is CC(S)C(=O)Nc1cccc(C(N)=O)c1. The molecule has 15 heavy (non-hydrogen) atoms. The predicted molar refractivity (Wildman–Crippen MR) is 62.0 cm³/mol. The zero-order valence-electron chi connectivity index (χ0n) is 8.23. The van der Waals surface area contributed by atoms with Gasteiger partial charge in [-0.25, -0.2) is 0 Å². The van der Waals surface area contributed by atoms with Crippen molar-refractivity contribution < 1.29 is 9.59 Å². The maximum atomic E-state index is 11.3. The molecule has 0 aliphatic heterocycles. The van der Waals surface area contributed by atoms with Gasteiger partial charge in [0.2, 0.25) is 11.8 Å². The normalized spacial score (nSPS) is 11.9. The summed E-state index contributed by atoms with van der Waals surface area (Å²) in [6, 6.07) is 6.44. The Bertz CT molecular complexity index is 391. The number of rotatable bonds is 3. The average molecular weight is 224 g/mol. The van der Waals surface area contributed by atoms with Gasteiger partial charge in [0, 0.05) is 11.3 Å². The summed E-state index contributed by atoms with van der Waals surface area (Å²) in [5.41, 5.74) is 6.01. The van der Waals surface area contributed by atoms with Crippen LogP contribution in [-0.2, 0) is 4.79 Å². The molecule has 3 N–H and O–H groups in total. The van der Waals surface area contributed by atoms with Gasteiger partial charge in [0.05, 0.1) is 5.25 Å². The first-order valence-electron chi connectivity index (χ1n) is 4.39. The third-order valence-electron chi connectivity index (χ3n) is 1.79. The lowest BCUT2D eigenvalue weighted by Crippen LogP contribution is -2.20. The van der Waals surface area contributed by atoms with Gasteiger partial charge in [-0.05, 0) is 25.1 Å². The Morgan fingerprint density at radius 3 is 2.67 bits per heavy atom. The highest BCUT2D eigenvalue weighted by molar-refractivity contribution is 7.81. The molecule has 0 aliphatic carbocycles. The van der Waals surface area contributed by atoms with E-state index in [2.05, 4.69) is 17.9 Å². The maximum absolute atomic E-state index is 11.3. The van der Waals surface area contributed by atoms with Crippen LogP contribution in [0, 0.1) is 0 Å². The van der Waals surface area contributed by atoms with E-state index in [4.69, 9.17) is 5.73 Å². The second-order valence-electron chi connectivity index (χ2n) is 3.11. The Kier molecular flexibility index (Phi) is 3.74. The lowest BCUT2D eigenvalue weighted by molar-refractivity contribution is -0.115. The van der Waals surface area contributed by atoms with Gasteiger partial charge in [-0.2, -0.15) is 12.6 Å². The smallest absolute Gasteiger partial charge is 0.248 e. The quantitative estimate of drug-likeness (QED) is 0.671. The van der Waals surface area contributed by atoms with E-state index >= 15 is 0 Å². The second kappa shape index (κ2) is 4.84. The molecule has 1 atom stereocenters. The van der Waals surface area contributed by atoms with Crippen LogP contribution in [0.3, 0.4) is 0 Å². The van der Waals surface area contributed by atoms with Crippen LogP contribution in [0.5, 0.6) is 0 Å². The monoisotopic (exact) mass is 224 g/mol. The summed E-state index contributed by atoms with van der Waals surface area (Å²) in [5, 5.41) is 2.21.